The molecule has 1 unspecified atom stereocenters. The summed E-state index contributed by atoms with van der Waals surface area (Å²) in [5.41, 5.74) is 3.38. The van der Waals surface area contributed by atoms with Gasteiger partial charge >= 0.3 is 0 Å². The van der Waals surface area contributed by atoms with Gasteiger partial charge in [0, 0.05) is 39.5 Å². The van der Waals surface area contributed by atoms with E-state index in [1.807, 2.05) is 37.2 Å². The lowest BCUT2D eigenvalue weighted by atomic mass is 10.0. The third-order valence-electron chi connectivity index (χ3n) is 5.85. The number of ether oxygens (including phenoxy) is 1. The number of anilines is 1. The minimum Gasteiger partial charge on any atom is -0.378 e. The first-order chi connectivity index (χ1) is 14.6. The number of nitrogens with zero attached hydrogens (tertiary/aromatic N) is 2. The van der Waals surface area contributed by atoms with Crippen molar-refractivity contribution in [3.63, 3.8) is 0 Å². The second-order valence-electron chi connectivity index (χ2n) is 8.29. The molecule has 1 aliphatic heterocycles. The molecule has 1 atom stereocenters. The minimum absolute atomic E-state index is 0.141. The van der Waals surface area contributed by atoms with Crippen LogP contribution in [0.3, 0.4) is 0 Å². The van der Waals surface area contributed by atoms with Crippen LogP contribution in [0.2, 0.25) is 0 Å². The second-order valence-corrected chi connectivity index (χ2v) is 8.29. The van der Waals surface area contributed by atoms with Crippen LogP contribution in [0.25, 0.3) is 10.8 Å². The highest BCUT2D eigenvalue weighted by molar-refractivity contribution is 5.90. The maximum Gasteiger partial charge on any atom is 0.227 e. The van der Waals surface area contributed by atoms with Crippen LogP contribution < -0.4 is 4.90 Å². The van der Waals surface area contributed by atoms with Crippen molar-refractivity contribution >= 4 is 22.4 Å². The molecule has 0 aliphatic carbocycles. The number of benzene rings is 3. The molecule has 0 radical (unpaired) electrons. The van der Waals surface area contributed by atoms with Gasteiger partial charge in [0.05, 0.1) is 12.5 Å². The summed E-state index contributed by atoms with van der Waals surface area (Å²) in [7, 11) is 4.07. The fourth-order valence-electron chi connectivity index (χ4n) is 4.13. The fraction of sp³-hybridized carbons (Fsp3) is 0.346. The van der Waals surface area contributed by atoms with Crippen molar-refractivity contribution < 1.29 is 9.53 Å². The van der Waals surface area contributed by atoms with Gasteiger partial charge in [-0.25, -0.2) is 0 Å². The normalized spacial score (nSPS) is 16.0. The smallest absolute Gasteiger partial charge is 0.227 e. The van der Waals surface area contributed by atoms with Crippen molar-refractivity contribution in [2.24, 2.45) is 0 Å². The van der Waals surface area contributed by atoms with E-state index in [0.717, 1.165) is 41.6 Å². The first-order valence-corrected chi connectivity index (χ1v) is 10.7. The van der Waals surface area contributed by atoms with E-state index in [1.165, 1.54) is 5.39 Å². The predicted molar refractivity (Wildman–Crippen MR) is 123 cm³/mol. The number of rotatable bonds is 7. The SMILES string of the molecule is CN(C)c1ccc(CN(CC2CCCO2)C(=O)Cc2cccc3ccccc23)cc1. The molecule has 1 aliphatic rings. The van der Waals surface area contributed by atoms with E-state index >= 15 is 0 Å². The first-order valence-electron chi connectivity index (χ1n) is 10.7. The first kappa shape index (κ1) is 20.4. The predicted octanol–water partition coefficient (Wildman–Crippen LogP) is 4.66. The van der Waals surface area contributed by atoms with Gasteiger partial charge in [0.2, 0.25) is 5.91 Å². The lowest BCUT2D eigenvalue weighted by molar-refractivity contribution is -0.132. The zero-order valence-corrected chi connectivity index (χ0v) is 17.9. The number of hydrogen-bond donors (Lipinski definition) is 0. The van der Waals surface area contributed by atoms with Gasteiger partial charge in [-0.1, -0.05) is 54.6 Å². The van der Waals surface area contributed by atoms with Gasteiger partial charge in [-0.3, -0.25) is 4.79 Å². The van der Waals surface area contributed by atoms with Gasteiger partial charge in [-0.05, 0) is 46.9 Å². The van der Waals surface area contributed by atoms with E-state index in [0.29, 0.717) is 19.5 Å². The summed E-state index contributed by atoms with van der Waals surface area (Å²) in [5.74, 6) is 0.151. The van der Waals surface area contributed by atoms with Gasteiger partial charge in [0.15, 0.2) is 0 Å². The highest BCUT2D eigenvalue weighted by atomic mass is 16.5. The molecule has 1 heterocycles. The maximum absolute atomic E-state index is 13.4. The van der Waals surface area contributed by atoms with Crippen LogP contribution in [-0.4, -0.2) is 44.2 Å². The van der Waals surface area contributed by atoms with E-state index < -0.39 is 0 Å². The van der Waals surface area contributed by atoms with Crippen molar-refractivity contribution in [2.45, 2.75) is 31.9 Å². The molecule has 0 N–H and O–H groups in total. The molecule has 4 rings (SSSR count). The maximum atomic E-state index is 13.4. The van der Waals surface area contributed by atoms with Crippen LogP contribution in [-0.2, 0) is 22.5 Å². The molecule has 0 saturated carbocycles. The third kappa shape index (κ3) is 4.82. The van der Waals surface area contributed by atoms with E-state index in [9.17, 15) is 4.79 Å². The Morgan fingerprint density at radius 2 is 1.77 bits per heavy atom. The summed E-state index contributed by atoms with van der Waals surface area (Å²) in [6.45, 7) is 2.06. The molecule has 3 aromatic carbocycles. The molecule has 30 heavy (non-hydrogen) atoms. The van der Waals surface area contributed by atoms with Crippen molar-refractivity contribution in [3.05, 3.63) is 77.9 Å². The molecule has 1 fully saturated rings. The summed E-state index contributed by atoms with van der Waals surface area (Å²) in [6.07, 6.45) is 2.65. The van der Waals surface area contributed by atoms with E-state index in [1.54, 1.807) is 0 Å². The van der Waals surface area contributed by atoms with Crippen LogP contribution >= 0.6 is 0 Å². The van der Waals surface area contributed by atoms with Crippen molar-refractivity contribution in [1.82, 2.24) is 4.90 Å². The third-order valence-corrected chi connectivity index (χ3v) is 5.85. The zero-order valence-electron chi connectivity index (χ0n) is 17.9. The van der Waals surface area contributed by atoms with Crippen molar-refractivity contribution in [2.75, 3.05) is 32.1 Å². The zero-order chi connectivity index (χ0) is 20.9. The Balaban J connectivity index is 1.54. The minimum atomic E-state index is 0.141. The monoisotopic (exact) mass is 402 g/mol. The van der Waals surface area contributed by atoms with Crippen LogP contribution in [0.15, 0.2) is 66.7 Å². The van der Waals surface area contributed by atoms with Gasteiger partial charge in [0.1, 0.15) is 0 Å². The Bertz CT molecular complexity index is 986. The second kappa shape index (κ2) is 9.31. The Kier molecular flexibility index (Phi) is 6.34. The molecular formula is C26H30N2O2. The number of amides is 1. The Hall–Kier alpha value is -2.85. The van der Waals surface area contributed by atoms with Gasteiger partial charge in [-0.15, -0.1) is 0 Å². The lowest BCUT2D eigenvalue weighted by Gasteiger charge is -2.26. The number of carbonyl (C=O) groups excluding carboxylic acids is 1. The van der Waals surface area contributed by atoms with Gasteiger partial charge in [0.25, 0.3) is 0 Å². The summed E-state index contributed by atoms with van der Waals surface area (Å²) in [6, 6.07) is 22.9. The standard InChI is InChI=1S/C26H30N2O2/c1-27(2)23-14-12-20(13-15-23)18-28(19-24-10-6-16-30-24)26(29)17-22-9-5-8-21-7-3-4-11-25(21)22/h3-5,7-9,11-15,24H,6,10,16-19H2,1-2H3. The average Bonchev–Trinajstić information content (AvgIpc) is 3.27. The largest absolute Gasteiger partial charge is 0.378 e. The summed E-state index contributed by atoms with van der Waals surface area (Å²) >= 11 is 0. The Morgan fingerprint density at radius 3 is 2.50 bits per heavy atom. The number of hydrogen-bond acceptors (Lipinski definition) is 3. The molecule has 4 nitrogen and oxygen atoms in total. The van der Waals surface area contributed by atoms with Crippen LogP contribution in [0.1, 0.15) is 24.0 Å². The van der Waals surface area contributed by atoms with Gasteiger partial charge < -0.3 is 14.5 Å². The fourth-order valence-corrected chi connectivity index (χ4v) is 4.13. The lowest BCUT2D eigenvalue weighted by Crippen LogP contribution is -2.37. The highest BCUT2D eigenvalue weighted by Gasteiger charge is 2.23. The molecule has 156 valence electrons. The summed E-state index contributed by atoms with van der Waals surface area (Å²) in [5, 5.41) is 2.33. The average molecular weight is 403 g/mol. The topological polar surface area (TPSA) is 32.8 Å². The molecule has 4 heteroatoms. The van der Waals surface area contributed by atoms with Crippen molar-refractivity contribution in [3.8, 4) is 0 Å². The summed E-state index contributed by atoms with van der Waals surface area (Å²) in [4.78, 5) is 17.4. The quantitative estimate of drug-likeness (QED) is 0.576. The molecule has 0 aromatic heterocycles. The Morgan fingerprint density at radius 1 is 1.00 bits per heavy atom. The Labute approximate surface area is 179 Å². The summed E-state index contributed by atoms with van der Waals surface area (Å²) < 4.78 is 5.84. The van der Waals surface area contributed by atoms with Crippen LogP contribution in [0.4, 0.5) is 5.69 Å². The molecular weight excluding hydrogens is 372 g/mol. The van der Waals surface area contributed by atoms with Crippen molar-refractivity contribution in [1.29, 1.82) is 0 Å². The van der Waals surface area contributed by atoms with Crippen LogP contribution in [0.5, 0.6) is 0 Å². The highest BCUT2D eigenvalue weighted by Crippen LogP contribution is 2.22. The van der Waals surface area contributed by atoms with E-state index in [4.69, 9.17) is 4.74 Å². The number of carbonyl (C=O) groups is 1. The number of fused-ring (bicyclic) bond motifs is 1. The van der Waals surface area contributed by atoms with E-state index in [2.05, 4.69) is 53.4 Å². The molecule has 0 bridgehead atoms. The van der Waals surface area contributed by atoms with E-state index in [-0.39, 0.29) is 12.0 Å². The molecule has 0 spiro atoms. The molecule has 3 aromatic rings. The van der Waals surface area contributed by atoms with Gasteiger partial charge in [-0.2, -0.15) is 0 Å². The van der Waals surface area contributed by atoms with Crippen LogP contribution in [0, 0.1) is 0 Å². The molecule has 1 amide bonds. The molecule has 1 saturated heterocycles.